The lowest BCUT2D eigenvalue weighted by atomic mass is 10.1. The molecule has 0 amide bonds. The predicted molar refractivity (Wildman–Crippen MR) is 177 cm³/mol. The Hall–Kier alpha value is -4.58. The summed E-state index contributed by atoms with van der Waals surface area (Å²) in [5.41, 5.74) is 1.03. The third kappa shape index (κ3) is 23.4. The van der Waals surface area contributed by atoms with Crippen molar-refractivity contribution in [2.45, 2.75) is 106 Å². The Morgan fingerprint density at radius 3 is 1.74 bits per heavy atom. The number of allylic oxidation sites excluding steroid dienone is 2. The topological polar surface area (TPSA) is 180 Å². The van der Waals surface area contributed by atoms with Crippen molar-refractivity contribution < 1.29 is 57.9 Å². The summed E-state index contributed by atoms with van der Waals surface area (Å²) in [6, 6.07) is 0. The molecule has 0 aromatic carbocycles. The first-order chi connectivity index (χ1) is 22.0. The number of rotatable bonds is 17. The van der Waals surface area contributed by atoms with Crippen molar-refractivity contribution in [1.82, 2.24) is 0 Å². The number of aliphatic hydroxyl groups excluding tert-OH is 1. The van der Waals surface area contributed by atoms with Crippen LogP contribution in [0, 0.1) is 0 Å². The average molecular weight is 665 g/mol. The van der Waals surface area contributed by atoms with Crippen LogP contribution in [-0.2, 0) is 47.7 Å². The second-order valence-corrected chi connectivity index (χ2v) is 9.84. The Morgan fingerprint density at radius 1 is 0.766 bits per heavy atom. The van der Waals surface area contributed by atoms with Crippen LogP contribution in [0.3, 0.4) is 0 Å². The van der Waals surface area contributed by atoms with E-state index < -0.39 is 41.9 Å². The fourth-order valence-corrected chi connectivity index (χ4v) is 2.58. The molecule has 1 atom stereocenters. The van der Waals surface area contributed by atoms with E-state index in [9.17, 15) is 28.8 Å². The van der Waals surface area contributed by atoms with E-state index in [-0.39, 0.29) is 28.2 Å². The largest absolute Gasteiger partial charge is 0.478 e. The smallest absolute Gasteiger partial charge is 0.342 e. The summed E-state index contributed by atoms with van der Waals surface area (Å²) < 4.78 is 19.7. The molecule has 0 aromatic rings. The molecule has 0 aromatic heterocycles. The molecule has 1 unspecified atom stereocenters. The summed E-state index contributed by atoms with van der Waals surface area (Å²) in [5, 5.41) is 17.5. The monoisotopic (exact) mass is 664 g/mol. The fourth-order valence-electron chi connectivity index (χ4n) is 2.58. The van der Waals surface area contributed by atoms with Crippen LogP contribution in [0.2, 0.25) is 0 Å². The molecule has 264 valence electrons. The number of carboxylic acids is 1. The molecular weight excluding hydrogens is 612 g/mol. The van der Waals surface area contributed by atoms with Crippen molar-refractivity contribution >= 4 is 35.8 Å². The Kier molecular flexibility index (Phi) is 27.6. The summed E-state index contributed by atoms with van der Waals surface area (Å²) in [6.07, 6.45) is 7.24. The lowest BCUT2D eigenvalue weighted by Gasteiger charge is -2.14. The number of hydrogen-bond acceptors (Lipinski definition) is 11. The molecule has 0 aliphatic heterocycles. The molecule has 2 N–H and O–H groups in total. The zero-order valence-electron chi connectivity index (χ0n) is 29.1. The van der Waals surface area contributed by atoms with Crippen molar-refractivity contribution in [3.05, 3.63) is 71.8 Å². The summed E-state index contributed by atoms with van der Waals surface area (Å²) in [4.78, 5) is 66.9. The summed E-state index contributed by atoms with van der Waals surface area (Å²) in [5.74, 6) is -3.78. The Bertz CT molecular complexity index is 1180. The number of carbonyl (C=O) groups is 6. The molecule has 0 heterocycles. The molecule has 0 rings (SSSR count). The third-order valence-electron chi connectivity index (χ3n) is 5.97. The molecule has 0 fully saturated rings. The average Bonchev–Trinajstić information content (AvgIpc) is 3.06. The number of carbonyl (C=O) groups excluding carboxylic acids is 5. The summed E-state index contributed by atoms with van der Waals surface area (Å²) >= 11 is 0. The van der Waals surface area contributed by atoms with Gasteiger partial charge in [0.25, 0.3) is 0 Å². The van der Waals surface area contributed by atoms with E-state index in [0.717, 1.165) is 25.0 Å². The Balaban J connectivity index is -0.000000787. The standard InChI is InChI=1S/C21H32O6.C8H14O3.C6H6O3/c1-8-11-12-18(27-19(22)14(4)10-3)16(6)21(24)26-17(7)15(5)20(23)25-13-9-2;1-3-7(9)5-4-6(2)8(10)11;1-3-5(7)9-6(8)4-2/h4,8-13H2,1-3,5-7H3;4,7,9H,3,5H2,1-2H3,(H,10,11);3-4H,1-2H2. The zero-order valence-corrected chi connectivity index (χ0v) is 29.1. The normalized spacial score (nSPS) is 12.1. The maximum atomic E-state index is 12.4. The molecule has 12 nitrogen and oxygen atoms in total. The number of ether oxygens (including phenoxy) is 4. The molecule has 0 aliphatic carbocycles. The van der Waals surface area contributed by atoms with Crippen LogP contribution in [0.25, 0.3) is 0 Å². The SMILES string of the molecule is C=C(CC)C(=O)OC(CCCC)=C(C)C(=O)OC(C)=C(C)C(=O)OCCC.C=CC(=O)OC(=O)C=C.CCC(O)CC=C(C)C(=O)O. The van der Waals surface area contributed by atoms with Gasteiger partial charge in [-0.25, -0.2) is 28.8 Å². The Morgan fingerprint density at radius 2 is 1.32 bits per heavy atom. The Labute approximate surface area is 278 Å². The fraction of sp³-hybridized carbons (Fsp3) is 0.486. The second kappa shape index (κ2) is 27.7. The van der Waals surface area contributed by atoms with Gasteiger partial charge in [0.05, 0.1) is 23.9 Å². The third-order valence-corrected chi connectivity index (χ3v) is 5.97. The van der Waals surface area contributed by atoms with Crippen LogP contribution < -0.4 is 0 Å². The molecule has 0 aliphatic rings. The van der Waals surface area contributed by atoms with Gasteiger partial charge in [-0.3, -0.25) is 0 Å². The second-order valence-electron chi connectivity index (χ2n) is 9.84. The number of unbranched alkanes of at least 4 members (excludes halogenated alkanes) is 1. The minimum Gasteiger partial charge on any atom is -0.478 e. The zero-order chi connectivity index (χ0) is 37.1. The van der Waals surface area contributed by atoms with E-state index in [0.29, 0.717) is 44.3 Å². The van der Waals surface area contributed by atoms with Gasteiger partial charge >= 0.3 is 35.8 Å². The van der Waals surface area contributed by atoms with Gasteiger partial charge in [0.15, 0.2) is 0 Å². The quantitative estimate of drug-likeness (QED) is 0.0579. The first-order valence-electron chi connectivity index (χ1n) is 15.2. The van der Waals surface area contributed by atoms with E-state index in [1.807, 2.05) is 20.8 Å². The lowest BCUT2D eigenvalue weighted by molar-refractivity contribution is -0.152. The van der Waals surface area contributed by atoms with Gasteiger partial charge in [0.2, 0.25) is 0 Å². The maximum absolute atomic E-state index is 12.4. The van der Waals surface area contributed by atoms with E-state index in [1.54, 1.807) is 6.92 Å². The van der Waals surface area contributed by atoms with Crippen LogP contribution in [-0.4, -0.2) is 58.7 Å². The molecular formula is C35H52O12. The molecule has 0 saturated heterocycles. The summed E-state index contributed by atoms with van der Waals surface area (Å²) in [7, 11) is 0. The molecule has 12 heteroatoms. The van der Waals surface area contributed by atoms with Crippen LogP contribution in [0.15, 0.2) is 71.8 Å². The first-order valence-corrected chi connectivity index (χ1v) is 15.2. The number of carboxylic acid groups (broad SMARTS) is 1. The van der Waals surface area contributed by atoms with Gasteiger partial charge in [-0.05, 0) is 59.8 Å². The number of aliphatic carboxylic acids is 1. The molecule has 0 spiro atoms. The van der Waals surface area contributed by atoms with E-state index in [1.165, 1.54) is 33.8 Å². The van der Waals surface area contributed by atoms with Gasteiger partial charge in [0, 0.05) is 29.7 Å². The van der Waals surface area contributed by atoms with Crippen LogP contribution in [0.4, 0.5) is 0 Å². The number of hydrogen-bond donors (Lipinski definition) is 2. The highest BCUT2D eigenvalue weighted by atomic mass is 16.6. The van der Waals surface area contributed by atoms with Crippen molar-refractivity contribution in [2.75, 3.05) is 6.61 Å². The lowest BCUT2D eigenvalue weighted by Crippen LogP contribution is -2.15. The van der Waals surface area contributed by atoms with Gasteiger partial charge in [-0.15, -0.1) is 0 Å². The minimum absolute atomic E-state index is 0.152. The predicted octanol–water partition coefficient (Wildman–Crippen LogP) is 6.36. The molecule has 0 saturated carbocycles. The van der Waals surface area contributed by atoms with Gasteiger partial charge in [-0.1, -0.05) is 59.9 Å². The van der Waals surface area contributed by atoms with Crippen LogP contribution >= 0.6 is 0 Å². The van der Waals surface area contributed by atoms with Crippen LogP contribution in [0.5, 0.6) is 0 Å². The highest BCUT2D eigenvalue weighted by Crippen LogP contribution is 2.19. The maximum Gasteiger partial charge on any atom is 0.342 e. The number of esters is 5. The molecule has 0 bridgehead atoms. The van der Waals surface area contributed by atoms with Crippen molar-refractivity contribution in [3.8, 4) is 0 Å². The highest BCUT2D eigenvalue weighted by molar-refractivity contribution is 5.96. The van der Waals surface area contributed by atoms with E-state index in [4.69, 9.17) is 24.4 Å². The van der Waals surface area contributed by atoms with Gasteiger partial charge in [0.1, 0.15) is 11.5 Å². The summed E-state index contributed by atoms with van der Waals surface area (Å²) in [6.45, 7) is 23.8. The van der Waals surface area contributed by atoms with E-state index in [2.05, 4.69) is 24.5 Å². The van der Waals surface area contributed by atoms with Crippen molar-refractivity contribution in [3.63, 3.8) is 0 Å². The van der Waals surface area contributed by atoms with Gasteiger partial charge in [-0.2, -0.15) is 0 Å². The first kappa shape index (κ1) is 46.8. The minimum atomic E-state index is -0.923. The molecule has 47 heavy (non-hydrogen) atoms. The van der Waals surface area contributed by atoms with E-state index >= 15 is 0 Å². The highest BCUT2D eigenvalue weighted by Gasteiger charge is 2.20. The number of aliphatic hydroxyl groups is 1. The van der Waals surface area contributed by atoms with Crippen molar-refractivity contribution in [2.24, 2.45) is 0 Å². The van der Waals surface area contributed by atoms with Gasteiger partial charge < -0.3 is 29.2 Å². The van der Waals surface area contributed by atoms with Crippen LogP contribution in [0.1, 0.15) is 100 Å². The molecule has 0 radical (unpaired) electrons. The van der Waals surface area contributed by atoms with Crippen molar-refractivity contribution in [1.29, 1.82) is 0 Å².